The zero-order chi connectivity index (χ0) is 16.0. The molecule has 0 spiro atoms. The van der Waals surface area contributed by atoms with E-state index in [1.165, 1.54) is 6.07 Å². The first-order valence-corrected chi connectivity index (χ1v) is 8.26. The van der Waals surface area contributed by atoms with Gasteiger partial charge in [0.15, 0.2) is 0 Å². The summed E-state index contributed by atoms with van der Waals surface area (Å²) in [5.74, 6) is 0.738. The maximum atomic E-state index is 11.3. The predicted octanol–water partition coefficient (Wildman–Crippen LogP) is 2.28. The third kappa shape index (κ3) is 2.77. The fraction of sp³-hybridized carbons (Fsp3) is 0.471. The Morgan fingerprint density at radius 3 is 2.61 bits per heavy atom. The first-order valence-electron chi connectivity index (χ1n) is 8.26. The largest absolute Gasteiger partial charge is 0.490 e. The van der Waals surface area contributed by atoms with Crippen LogP contribution in [0.5, 0.6) is 5.75 Å². The number of fused-ring (bicyclic) bond motifs is 3. The second-order valence-corrected chi connectivity index (χ2v) is 6.63. The van der Waals surface area contributed by atoms with Gasteiger partial charge in [0.2, 0.25) is 0 Å². The molecule has 2 fully saturated rings. The SMILES string of the molecule is CB(O)N1C2CC[C@@H]1C[C@@H](Oc1ccc3ccc(=O)oc3c1)C2. The number of hydrogen-bond donors (Lipinski definition) is 1. The molecule has 2 saturated heterocycles. The summed E-state index contributed by atoms with van der Waals surface area (Å²) in [6.07, 6.45) is 4.26. The highest BCUT2D eigenvalue weighted by atomic mass is 16.5. The lowest BCUT2D eigenvalue weighted by Gasteiger charge is -2.39. The lowest BCUT2D eigenvalue weighted by molar-refractivity contribution is 0.0864. The Morgan fingerprint density at radius 1 is 1.22 bits per heavy atom. The molecule has 2 bridgehead atoms. The second-order valence-electron chi connectivity index (χ2n) is 6.63. The number of ether oxygens (including phenoxy) is 1. The number of rotatable bonds is 3. The number of nitrogens with zero attached hydrogens (tertiary/aromatic N) is 1. The molecule has 5 nitrogen and oxygen atoms in total. The summed E-state index contributed by atoms with van der Waals surface area (Å²) in [6.45, 7) is 1.85. The fourth-order valence-electron chi connectivity index (χ4n) is 4.18. The quantitative estimate of drug-likeness (QED) is 0.696. The van der Waals surface area contributed by atoms with E-state index >= 15 is 0 Å². The van der Waals surface area contributed by atoms with Crippen molar-refractivity contribution >= 4 is 18.0 Å². The molecule has 0 radical (unpaired) electrons. The fourth-order valence-corrected chi connectivity index (χ4v) is 4.18. The van der Waals surface area contributed by atoms with Crippen LogP contribution in [0, 0.1) is 0 Å². The van der Waals surface area contributed by atoms with E-state index in [0.717, 1.165) is 36.8 Å². The summed E-state index contributed by atoms with van der Waals surface area (Å²) in [4.78, 5) is 13.6. The van der Waals surface area contributed by atoms with Crippen molar-refractivity contribution in [2.24, 2.45) is 0 Å². The van der Waals surface area contributed by atoms with Crippen LogP contribution in [0.1, 0.15) is 25.7 Å². The molecule has 3 atom stereocenters. The topological polar surface area (TPSA) is 62.9 Å². The summed E-state index contributed by atoms with van der Waals surface area (Å²) in [5, 5.41) is 10.8. The Morgan fingerprint density at radius 2 is 1.91 bits per heavy atom. The minimum Gasteiger partial charge on any atom is -0.490 e. The smallest absolute Gasteiger partial charge is 0.376 e. The van der Waals surface area contributed by atoms with Gasteiger partial charge in [0.1, 0.15) is 17.4 Å². The molecule has 1 unspecified atom stereocenters. The Hall–Kier alpha value is -1.79. The number of benzene rings is 1. The zero-order valence-electron chi connectivity index (χ0n) is 13.1. The van der Waals surface area contributed by atoms with Crippen LogP contribution in [0.4, 0.5) is 0 Å². The molecule has 2 aliphatic rings. The van der Waals surface area contributed by atoms with Gasteiger partial charge in [-0.3, -0.25) is 0 Å². The van der Waals surface area contributed by atoms with Gasteiger partial charge in [-0.25, -0.2) is 4.79 Å². The highest BCUT2D eigenvalue weighted by molar-refractivity contribution is 6.45. The summed E-state index contributed by atoms with van der Waals surface area (Å²) in [7, 11) is -0.386. The predicted molar refractivity (Wildman–Crippen MR) is 88.6 cm³/mol. The van der Waals surface area contributed by atoms with E-state index in [1.807, 2.05) is 19.0 Å². The lowest BCUT2D eigenvalue weighted by Crippen LogP contribution is -2.52. The van der Waals surface area contributed by atoms with Gasteiger partial charge in [0.05, 0.1) is 0 Å². The van der Waals surface area contributed by atoms with Crippen LogP contribution in [-0.2, 0) is 0 Å². The molecular weight excluding hydrogens is 293 g/mol. The molecule has 0 saturated carbocycles. The molecule has 1 aromatic carbocycles. The Kier molecular flexibility index (Phi) is 3.66. The van der Waals surface area contributed by atoms with E-state index < -0.39 is 0 Å². The van der Waals surface area contributed by atoms with Crippen molar-refractivity contribution in [1.82, 2.24) is 4.81 Å². The van der Waals surface area contributed by atoms with Crippen molar-refractivity contribution in [3.63, 3.8) is 0 Å². The van der Waals surface area contributed by atoms with Gasteiger partial charge < -0.3 is 19.0 Å². The molecular formula is C17H20BNO4. The number of hydrogen-bond acceptors (Lipinski definition) is 5. The monoisotopic (exact) mass is 313 g/mol. The van der Waals surface area contributed by atoms with E-state index in [0.29, 0.717) is 17.7 Å². The normalized spacial score (nSPS) is 27.3. The minimum absolute atomic E-state index is 0.149. The Bertz CT molecular complexity index is 761. The van der Waals surface area contributed by atoms with Gasteiger partial charge in [0, 0.05) is 29.6 Å². The van der Waals surface area contributed by atoms with Gasteiger partial charge in [-0.15, -0.1) is 0 Å². The van der Waals surface area contributed by atoms with Gasteiger partial charge in [-0.05, 0) is 50.7 Å². The van der Waals surface area contributed by atoms with Crippen molar-refractivity contribution in [3.8, 4) is 5.75 Å². The highest BCUT2D eigenvalue weighted by Gasteiger charge is 2.44. The highest BCUT2D eigenvalue weighted by Crippen LogP contribution is 2.37. The molecule has 1 aromatic heterocycles. The molecule has 2 aromatic rings. The van der Waals surface area contributed by atoms with Crippen LogP contribution in [0.2, 0.25) is 6.82 Å². The standard InChI is InChI=1S/C17H20BNO4/c1-18(21)19-12-4-5-13(19)9-15(8-12)22-14-6-2-11-3-7-17(20)23-16(11)10-14/h2-3,6-7,10,12-13,15,21H,4-5,8-9H2,1H3/t12-,13?,15-/m1/s1. The van der Waals surface area contributed by atoms with E-state index in [1.54, 1.807) is 12.1 Å². The van der Waals surface area contributed by atoms with Crippen LogP contribution < -0.4 is 10.4 Å². The first-order chi connectivity index (χ1) is 11.1. The van der Waals surface area contributed by atoms with Crippen LogP contribution in [0.15, 0.2) is 39.5 Å². The molecule has 23 heavy (non-hydrogen) atoms. The van der Waals surface area contributed by atoms with Gasteiger partial charge in [-0.1, -0.05) is 0 Å². The van der Waals surface area contributed by atoms with Crippen molar-refractivity contribution in [2.75, 3.05) is 0 Å². The minimum atomic E-state index is -0.386. The Balaban J connectivity index is 1.52. The maximum absolute atomic E-state index is 11.3. The summed E-state index contributed by atoms with van der Waals surface area (Å²) in [5.41, 5.74) is 0.206. The van der Waals surface area contributed by atoms with Crippen molar-refractivity contribution < 1.29 is 14.2 Å². The third-order valence-corrected chi connectivity index (χ3v) is 5.08. The van der Waals surface area contributed by atoms with Crippen LogP contribution >= 0.6 is 0 Å². The second kappa shape index (κ2) is 5.69. The van der Waals surface area contributed by atoms with Gasteiger partial charge in [0.25, 0.3) is 0 Å². The Labute approximate surface area is 135 Å². The zero-order valence-corrected chi connectivity index (χ0v) is 13.1. The molecule has 1 N–H and O–H groups in total. The van der Waals surface area contributed by atoms with Crippen molar-refractivity contribution in [3.05, 3.63) is 40.8 Å². The summed E-state index contributed by atoms with van der Waals surface area (Å²) >= 11 is 0. The molecule has 3 heterocycles. The average molecular weight is 313 g/mol. The summed E-state index contributed by atoms with van der Waals surface area (Å²) in [6, 6.07) is 9.60. The lowest BCUT2D eigenvalue weighted by atomic mass is 9.79. The average Bonchev–Trinajstić information content (AvgIpc) is 2.79. The van der Waals surface area contributed by atoms with Crippen molar-refractivity contribution in [2.45, 2.75) is 50.7 Å². The van der Waals surface area contributed by atoms with Crippen LogP contribution in [0.25, 0.3) is 11.0 Å². The molecule has 120 valence electrons. The van der Waals surface area contributed by atoms with Crippen LogP contribution in [-0.4, -0.2) is 35.1 Å². The van der Waals surface area contributed by atoms with E-state index in [-0.39, 0.29) is 18.8 Å². The maximum Gasteiger partial charge on any atom is 0.376 e. The number of piperidine rings is 1. The van der Waals surface area contributed by atoms with Crippen molar-refractivity contribution in [1.29, 1.82) is 0 Å². The first kappa shape index (κ1) is 14.8. The van der Waals surface area contributed by atoms with E-state index in [9.17, 15) is 9.82 Å². The summed E-state index contributed by atoms with van der Waals surface area (Å²) < 4.78 is 11.4. The molecule has 4 rings (SSSR count). The van der Waals surface area contributed by atoms with Crippen LogP contribution in [0.3, 0.4) is 0 Å². The molecule has 0 amide bonds. The molecule has 6 heteroatoms. The van der Waals surface area contributed by atoms with E-state index in [2.05, 4.69) is 4.81 Å². The van der Waals surface area contributed by atoms with Gasteiger partial charge >= 0.3 is 12.7 Å². The molecule has 0 aliphatic carbocycles. The third-order valence-electron chi connectivity index (χ3n) is 5.08. The van der Waals surface area contributed by atoms with Gasteiger partial charge in [-0.2, -0.15) is 0 Å². The molecule has 2 aliphatic heterocycles. The van der Waals surface area contributed by atoms with E-state index in [4.69, 9.17) is 9.15 Å².